The molecule has 2 aliphatic rings. The zero-order valence-corrected chi connectivity index (χ0v) is 19.9. The van der Waals surface area contributed by atoms with Gasteiger partial charge in [0, 0.05) is 31.9 Å². The van der Waals surface area contributed by atoms with E-state index >= 15 is 0 Å². The van der Waals surface area contributed by atoms with E-state index < -0.39 is 15.8 Å². The molecule has 0 saturated carbocycles. The van der Waals surface area contributed by atoms with Crippen molar-refractivity contribution in [3.05, 3.63) is 82.8 Å². The number of nitrogens with one attached hydrogen (secondary N) is 1. The number of hydrogen-bond donors (Lipinski definition) is 1. The summed E-state index contributed by atoms with van der Waals surface area (Å²) in [6.07, 6.45) is 5.43. The quantitative estimate of drug-likeness (QED) is 0.530. The van der Waals surface area contributed by atoms with Crippen molar-refractivity contribution in [3.63, 3.8) is 0 Å². The third-order valence-corrected chi connectivity index (χ3v) is 8.24. The number of likely N-dealkylation sites (tertiary alicyclic amines) is 1. The van der Waals surface area contributed by atoms with Gasteiger partial charge in [0.1, 0.15) is 11.6 Å². The van der Waals surface area contributed by atoms with Gasteiger partial charge >= 0.3 is 0 Å². The van der Waals surface area contributed by atoms with Gasteiger partial charge in [-0.3, -0.25) is 0 Å². The zero-order chi connectivity index (χ0) is 23.9. The fourth-order valence-corrected chi connectivity index (χ4v) is 6.06. The number of imidazole rings is 1. The summed E-state index contributed by atoms with van der Waals surface area (Å²) in [7, 11) is -2.17. The number of aryl methyl sites for hydroxylation is 1. The normalized spacial score (nSPS) is 20.3. The second-order valence-corrected chi connectivity index (χ2v) is 11.1. The topological polar surface area (TPSA) is 67.2 Å². The number of hydrogen-bond acceptors (Lipinski definition) is 4. The molecule has 6 nitrogen and oxygen atoms in total. The van der Waals surface area contributed by atoms with Crippen LogP contribution in [0.5, 0.6) is 0 Å². The molecule has 180 valence electrons. The van der Waals surface area contributed by atoms with Gasteiger partial charge in [0.2, 0.25) is 0 Å². The van der Waals surface area contributed by atoms with Gasteiger partial charge < -0.3 is 9.47 Å². The maximum atomic E-state index is 15.0. The van der Waals surface area contributed by atoms with Crippen LogP contribution in [0.3, 0.4) is 0 Å². The standard InChI is InChI=1S/C25H28F2N4O2S/c1-30-15-25(28-16-30)34(32,33)29-13-19-11-23-18(12-24(19)27)10-20(14-31-6-3-7-31)22(23)9-17-4-2-5-21(26)8-17/h2,4-5,8,11-12,15-16,20,22,29H,3,6-7,9-10,13-14H2,1H3. The van der Waals surface area contributed by atoms with E-state index in [2.05, 4.69) is 14.6 Å². The first-order chi connectivity index (χ1) is 16.3. The highest BCUT2D eigenvalue weighted by atomic mass is 32.2. The number of rotatable bonds is 8. The van der Waals surface area contributed by atoms with E-state index in [1.54, 1.807) is 35.9 Å². The molecule has 1 fully saturated rings. The molecular formula is C25H28F2N4O2S. The molecule has 3 aromatic rings. The lowest BCUT2D eigenvalue weighted by Gasteiger charge is -2.35. The molecule has 1 N–H and O–H groups in total. The van der Waals surface area contributed by atoms with Crippen LogP contribution in [0.15, 0.2) is 53.9 Å². The molecule has 0 spiro atoms. The summed E-state index contributed by atoms with van der Waals surface area (Å²) in [6, 6.07) is 9.98. The van der Waals surface area contributed by atoms with Crippen molar-refractivity contribution in [1.29, 1.82) is 0 Å². The lowest BCUT2D eigenvalue weighted by atomic mass is 9.85. The van der Waals surface area contributed by atoms with Gasteiger partial charge in [-0.15, -0.1) is 0 Å². The Kier molecular flexibility index (Phi) is 6.26. The van der Waals surface area contributed by atoms with Crippen LogP contribution in [0.25, 0.3) is 0 Å². The lowest BCUT2D eigenvalue weighted by molar-refractivity contribution is 0.145. The van der Waals surface area contributed by atoms with E-state index in [4.69, 9.17) is 0 Å². The summed E-state index contributed by atoms with van der Waals surface area (Å²) >= 11 is 0. The second kappa shape index (κ2) is 9.20. The van der Waals surface area contributed by atoms with Crippen molar-refractivity contribution < 1.29 is 17.2 Å². The van der Waals surface area contributed by atoms with Gasteiger partial charge in [-0.25, -0.2) is 26.9 Å². The van der Waals surface area contributed by atoms with Gasteiger partial charge in [0.25, 0.3) is 10.0 Å². The molecule has 2 atom stereocenters. The third kappa shape index (κ3) is 4.78. The molecule has 1 saturated heterocycles. The van der Waals surface area contributed by atoms with Crippen molar-refractivity contribution in [2.24, 2.45) is 13.0 Å². The average molecular weight is 487 g/mol. The van der Waals surface area contributed by atoms with Gasteiger partial charge in [-0.1, -0.05) is 18.2 Å². The van der Waals surface area contributed by atoms with Crippen LogP contribution in [0.1, 0.15) is 34.6 Å². The Morgan fingerprint density at radius 3 is 2.68 bits per heavy atom. The van der Waals surface area contributed by atoms with Crippen molar-refractivity contribution in [2.45, 2.75) is 36.8 Å². The minimum atomic E-state index is -3.85. The number of fused-ring (bicyclic) bond motifs is 1. The van der Waals surface area contributed by atoms with Crippen molar-refractivity contribution in [1.82, 2.24) is 19.2 Å². The largest absolute Gasteiger partial charge is 0.339 e. The van der Waals surface area contributed by atoms with E-state index in [1.807, 2.05) is 6.07 Å². The molecule has 5 rings (SSSR count). The van der Waals surface area contributed by atoms with Gasteiger partial charge in [-0.2, -0.15) is 0 Å². The first kappa shape index (κ1) is 23.1. The maximum absolute atomic E-state index is 15.0. The fourth-order valence-electron chi connectivity index (χ4n) is 5.07. The highest BCUT2D eigenvalue weighted by Crippen LogP contribution is 2.42. The minimum Gasteiger partial charge on any atom is -0.339 e. The van der Waals surface area contributed by atoms with Crippen LogP contribution >= 0.6 is 0 Å². The Balaban J connectivity index is 1.41. The molecule has 0 radical (unpaired) electrons. The van der Waals surface area contributed by atoms with E-state index in [1.165, 1.54) is 25.0 Å². The monoisotopic (exact) mass is 486 g/mol. The van der Waals surface area contributed by atoms with Gasteiger partial charge in [0.05, 0.1) is 6.33 Å². The van der Waals surface area contributed by atoms with Crippen LogP contribution in [-0.4, -0.2) is 42.5 Å². The van der Waals surface area contributed by atoms with Crippen LogP contribution in [0.2, 0.25) is 0 Å². The zero-order valence-electron chi connectivity index (χ0n) is 19.0. The predicted molar refractivity (Wildman–Crippen MR) is 125 cm³/mol. The van der Waals surface area contributed by atoms with Crippen LogP contribution in [-0.2, 0) is 36.5 Å². The van der Waals surface area contributed by atoms with Crippen molar-refractivity contribution in [2.75, 3.05) is 19.6 Å². The van der Waals surface area contributed by atoms with Crippen molar-refractivity contribution >= 4 is 10.0 Å². The summed E-state index contributed by atoms with van der Waals surface area (Å²) in [4.78, 5) is 6.29. The first-order valence-electron chi connectivity index (χ1n) is 11.5. The number of benzene rings is 2. The van der Waals surface area contributed by atoms with Gasteiger partial charge in [0.15, 0.2) is 5.03 Å². The highest BCUT2D eigenvalue weighted by Gasteiger charge is 2.35. The lowest BCUT2D eigenvalue weighted by Crippen LogP contribution is -2.41. The summed E-state index contributed by atoms with van der Waals surface area (Å²) in [5, 5.41) is -0.102. The molecule has 1 aromatic heterocycles. The van der Waals surface area contributed by atoms with Crippen LogP contribution < -0.4 is 4.72 Å². The van der Waals surface area contributed by atoms with E-state index in [-0.39, 0.29) is 23.3 Å². The smallest absolute Gasteiger partial charge is 0.259 e. The summed E-state index contributed by atoms with van der Waals surface area (Å²) < 4.78 is 58.0. The van der Waals surface area contributed by atoms with E-state index in [9.17, 15) is 17.2 Å². The molecule has 1 aliphatic carbocycles. The Bertz CT molecular complexity index is 1300. The molecule has 2 unspecified atom stereocenters. The minimum absolute atomic E-state index is 0.102. The molecule has 9 heteroatoms. The molecule has 34 heavy (non-hydrogen) atoms. The highest BCUT2D eigenvalue weighted by molar-refractivity contribution is 7.89. The third-order valence-electron chi connectivity index (χ3n) is 6.95. The average Bonchev–Trinajstić information content (AvgIpc) is 3.33. The predicted octanol–water partition coefficient (Wildman–Crippen LogP) is 3.38. The number of halogens is 2. The molecule has 2 aromatic carbocycles. The molecule has 0 bridgehead atoms. The summed E-state index contributed by atoms with van der Waals surface area (Å²) in [6.45, 7) is 2.92. The van der Waals surface area contributed by atoms with E-state index in [0.29, 0.717) is 17.9 Å². The molecule has 1 aliphatic heterocycles. The SMILES string of the molecule is Cn1cnc(S(=O)(=O)NCc2cc3c(cc2F)CC(CN2CCC2)C3Cc2cccc(F)c2)c1. The van der Waals surface area contributed by atoms with Gasteiger partial charge in [-0.05, 0) is 79.1 Å². The molecular weight excluding hydrogens is 458 g/mol. The fraction of sp³-hybridized carbons (Fsp3) is 0.400. The van der Waals surface area contributed by atoms with E-state index in [0.717, 1.165) is 42.7 Å². The first-order valence-corrected chi connectivity index (χ1v) is 13.0. The van der Waals surface area contributed by atoms with Crippen LogP contribution in [0.4, 0.5) is 8.78 Å². The van der Waals surface area contributed by atoms with Crippen molar-refractivity contribution in [3.8, 4) is 0 Å². The number of aromatic nitrogens is 2. The summed E-state index contributed by atoms with van der Waals surface area (Å²) in [5.41, 5.74) is 3.20. The summed E-state index contributed by atoms with van der Waals surface area (Å²) in [5.74, 6) is -0.266. The Morgan fingerprint density at radius 2 is 2.00 bits per heavy atom. The Labute approximate surface area is 198 Å². The Morgan fingerprint density at radius 1 is 1.18 bits per heavy atom. The molecule has 0 amide bonds. The Hall–Kier alpha value is -2.62. The molecule has 2 heterocycles. The second-order valence-electron chi connectivity index (χ2n) is 9.40. The maximum Gasteiger partial charge on any atom is 0.259 e. The number of nitrogens with zero attached hydrogens (tertiary/aromatic N) is 3. The number of sulfonamides is 1. The van der Waals surface area contributed by atoms with Crippen LogP contribution in [0, 0.1) is 17.6 Å².